The molecule has 0 spiro atoms. The van der Waals surface area contributed by atoms with Gasteiger partial charge in [0, 0.05) is 39.0 Å². The second-order valence-corrected chi connectivity index (χ2v) is 14.8. The van der Waals surface area contributed by atoms with Gasteiger partial charge in [-0.25, -0.2) is 0 Å². The molecule has 2 aliphatic heterocycles. The van der Waals surface area contributed by atoms with Crippen LogP contribution >= 0.6 is 0 Å². The lowest BCUT2D eigenvalue weighted by molar-refractivity contribution is 0.669. The Morgan fingerprint density at radius 1 is 0.456 bits per heavy atom. The minimum absolute atomic E-state index is 0.0571. The van der Waals surface area contributed by atoms with E-state index in [-0.39, 0.29) is 12.2 Å². The van der Waals surface area contributed by atoms with Crippen LogP contribution in [0.3, 0.4) is 0 Å². The Balaban J connectivity index is 1.03. The van der Waals surface area contributed by atoms with Gasteiger partial charge in [-0.05, 0) is 81.1 Å². The fraction of sp³-hybridized carbons (Fsp3) is 0.0377. The number of para-hydroxylation sites is 2. The standard InChI is InChI=1S/C53H38N4/c1-4-15-35(16-5-1)45-33-47(36-17-6-2-7-18-36)54-46-32-31-40-43(52(45)46)23-14-24-44(40)53-55-48(37-19-8-3-9-20-37)34-49(56-53)38-27-29-39(30-28-38)57-50-25-12-10-21-41(50)42-22-11-13-26-51(42)57/h1-34,47,53-55H. The van der Waals surface area contributed by atoms with Crippen molar-refractivity contribution in [2.75, 3.05) is 5.32 Å². The summed E-state index contributed by atoms with van der Waals surface area (Å²) in [7, 11) is 0. The summed E-state index contributed by atoms with van der Waals surface area (Å²) in [6, 6.07) is 69.4. The van der Waals surface area contributed by atoms with Crippen LogP contribution in [-0.2, 0) is 0 Å². The molecule has 0 bridgehead atoms. The molecular formula is C53H38N4. The summed E-state index contributed by atoms with van der Waals surface area (Å²) < 4.78 is 2.36. The van der Waals surface area contributed by atoms with Crippen LogP contribution in [0.5, 0.6) is 0 Å². The second kappa shape index (κ2) is 13.7. The van der Waals surface area contributed by atoms with Gasteiger partial charge in [0.25, 0.3) is 0 Å². The number of aromatic nitrogens is 1. The van der Waals surface area contributed by atoms with Gasteiger partial charge in [-0.2, -0.15) is 0 Å². The fourth-order valence-corrected chi connectivity index (χ4v) is 8.79. The van der Waals surface area contributed by atoms with Gasteiger partial charge >= 0.3 is 0 Å². The minimum atomic E-state index is -0.309. The van der Waals surface area contributed by atoms with E-state index in [0.29, 0.717) is 0 Å². The van der Waals surface area contributed by atoms with E-state index in [0.717, 1.165) is 39.5 Å². The van der Waals surface area contributed by atoms with E-state index in [2.05, 4.69) is 221 Å². The van der Waals surface area contributed by atoms with Gasteiger partial charge in [0.05, 0.1) is 22.8 Å². The third kappa shape index (κ3) is 5.73. The number of hydrogen-bond donors (Lipinski definition) is 2. The Labute approximate surface area is 331 Å². The summed E-state index contributed by atoms with van der Waals surface area (Å²) in [6.07, 6.45) is 4.27. The van der Waals surface area contributed by atoms with E-state index in [1.807, 2.05) is 0 Å². The molecule has 2 N–H and O–H groups in total. The number of anilines is 1. The molecule has 9 aromatic rings. The van der Waals surface area contributed by atoms with Crippen molar-refractivity contribution in [3.05, 3.63) is 240 Å². The van der Waals surface area contributed by atoms with Crippen molar-refractivity contribution in [1.29, 1.82) is 0 Å². The van der Waals surface area contributed by atoms with Crippen LogP contribution in [0, 0.1) is 0 Å². The predicted molar refractivity (Wildman–Crippen MR) is 238 cm³/mol. The first kappa shape index (κ1) is 33.0. The molecular weight excluding hydrogens is 693 g/mol. The van der Waals surface area contributed by atoms with Crippen molar-refractivity contribution in [1.82, 2.24) is 9.88 Å². The van der Waals surface area contributed by atoms with Gasteiger partial charge in [0.15, 0.2) is 0 Å². The summed E-state index contributed by atoms with van der Waals surface area (Å²) in [5.41, 5.74) is 14.9. The lowest BCUT2D eigenvalue weighted by Crippen LogP contribution is -2.25. The van der Waals surface area contributed by atoms with Crippen molar-refractivity contribution in [3.8, 4) is 5.69 Å². The SMILES string of the molecule is C1=C(c2ccccc2)NC(c2cccc3c4c(ccc23)NC(c2ccccc2)C=C4c2ccccc2)N=C1c1ccc(-n2c3ccccc3c3ccccc32)cc1. The molecule has 0 amide bonds. The summed E-state index contributed by atoms with van der Waals surface area (Å²) in [5.74, 6) is 0. The van der Waals surface area contributed by atoms with Crippen LogP contribution in [0.4, 0.5) is 5.69 Å². The highest BCUT2D eigenvalue weighted by atomic mass is 15.1. The first-order valence-corrected chi connectivity index (χ1v) is 19.6. The minimum Gasteiger partial charge on any atom is -0.374 e. The molecule has 0 fully saturated rings. The number of allylic oxidation sites excluding steroid dienone is 1. The quantitative estimate of drug-likeness (QED) is 0.179. The van der Waals surface area contributed by atoms with Gasteiger partial charge in [-0.15, -0.1) is 0 Å². The smallest absolute Gasteiger partial charge is 0.146 e. The summed E-state index contributed by atoms with van der Waals surface area (Å²) in [5, 5.41) is 12.6. The monoisotopic (exact) mass is 730 g/mol. The maximum absolute atomic E-state index is 5.47. The van der Waals surface area contributed by atoms with Crippen molar-refractivity contribution in [2.24, 2.45) is 4.99 Å². The highest BCUT2D eigenvalue weighted by molar-refractivity contribution is 6.14. The average molecular weight is 731 g/mol. The van der Waals surface area contributed by atoms with Gasteiger partial charge in [-0.3, -0.25) is 4.99 Å². The molecule has 0 aliphatic carbocycles. The average Bonchev–Trinajstić information content (AvgIpc) is 3.63. The van der Waals surface area contributed by atoms with Crippen LogP contribution in [0.2, 0.25) is 0 Å². The molecule has 11 rings (SSSR count). The van der Waals surface area contributed by atoms with Crippen LogP contribution in [0.15, 0.2) is 211 Å². The Bertz CT molecular complexity index is 2990. The Hall–Kier alpha value is -7.43. The van der Waals surface area contributed by atoms with Crippen LogP contribution in [-0.4, -0.2) is 10.3 Å². The zero-order chi connectivity index (χ0) is 37.7. The van der Waals surface area contributed by atoms with Gasteiger partial charge < -0.3 is 15.2 Å². The highest BCUT2D eigenvalue weighted by Gasteiger charge is 2.26. The van der Waals surface area contributed by atoms with Crippen molar-refractivity contribution >= 4 is 55.2 Å². The number of benzene rings is 8. The van der Waals surface area contributed by atoms with Gasteiger partial charge in [0.1, 0.15) is 6.17 Å². The Kier molecular flexibility index (Phi) is 7.92. The molecule has 2 aliphatic rings. The number of aliphatic imine (C=N–C) groups is 1. The van der Waals surface area contributed by atoms with E-state index in [4.69, 9.17) is 4.99 Å². The molecule has 0 saturated heterocycles. The molecule has 2 atom stereocenters. The van der Waals surface area contributed by atoms with Gasteiger partial charge in [0.2, 0.25) is 0 Å². The molecule has 3 heterocycles. The number of hydrogen-bond acceptors (Lipinski definition) is 3. The van der Waals surface area contributed by atoms with Crippen molar-refractivity contribution in [3.63, 3.8) is 0 Å². The maximum Gasteiger partial charge on any atom is 0.146 e. The number of nitrogens with zero attached hydrogens (tertiary/aromatic N) is 2. The highest BCUT2D eigenvalue weighted by Crippen LogP contribution is 2.44. The molecule has 4 nitrogen and oxygen atoms in total. The number of nitrogens with one attached hydrogen (secondary N) is 2. The van der Waals surface area contributed by atoms with E-state index in [1.165, 1.54) is 54.8 Å². The second-order valence-electron chi connectivity index (χ2n) is 14.8. The summed E-state index contributed by atoms with van der Waals surface area (Å²) in [6.45, 7) is 0. The topological polar surface area (TPSA) is 41.4 Å². The maximum atomic E-state index is 5.47. The first-order valence-electron chi connectivity index (χ1n) is 19.6. The number of rotatable bonds is 6. The third-order valence-corrected chi connectivity index (χ3v) is 11.5. The summed E-state index contributed by atoms with van der Waals surface area (Å²) >= 11 is 0. The van der Waals surface area contributed by atoms with Crippen LogP contribution < -0.4 is 10.6 Å². The molecule has 2 unspecified atom stereocenters. The largest absolute Gasteiger partial charge is 0.374 e. The zero-order valence-electron chi connectivity index (χ0n) is 31.2. The third-order valence-electron chi connectivity index (χ3n) is 11.5. The van der Waals surface area contributed by atoms with Crippen LogP contribution in [0.1, 0.15) is 45.6 Å². The lowest BCUT2D eigenvalue weighted by Gasteiger charge is -2.30. The molecule has 1 aromatic heterocycles. The zero-order valence-corrected chi connectivity index (χ0v) is 31.2. The lowest BCUT2D eigenvalue weighted by atomic mass is 9.85. The normalized spacial score (nSPS) is 16.3. The molecule has 8 aromatic carbocycles. The molecule has 57 heavy (non-hydrogen) atoms. The molecule has 4 heteroatoms. The van der Waals surface area contributed by atoms with E-state index >= 15 is 0 Å². The molecule has 0 radical (unpaired) electrons. The fourth-order valence-electron chi connectivity index (χ4n) is 8.79. The molecule has 270 valence electrons. The summed E-state index contributed by atoms with van der Waals surface area (Å²) in [4.78, 5) is 5.47. The van der Waals surface area contributed by atoms with Crippen molar-refractivity contribution < 1.29 is 0 Å². The first-order chi connectivity index (χ1) is 28.3. The van der Waals surface area contributed by atoms with Gasteiger partial charge in [-0.1, -0.05) is 164 Å². The van der Waals surface area contributed by atoms with Crippen LogP contribution in [0.25, 0.3) is 49.5 Å². The van der Waals surface area contributed by atoms with Crippen molar-refractivity contribution in [2.45, 2.75) is 12.2 Å². The Morgan fingerprint density at radius 3 is 1.77 bits per heavy atom. The Morgan fingerprint density at radius 2 is 1.07 bits per heavy atom. The van der Waals surface area contributed by atoms with E-state index in [1.54, 1.807) is 0 Å². The van der Waals surface area contributed by atoms with E-state index in [9.17, 15) is 0 Å². The predicted octanol–water partition coefficient (Wildman–Crippen LogP) is 12.7. The number of fused-ring (bicyclic) bond motifs is 6. The molecule has 0 saturated carbocycles. The van der Waals surface area contributed by atoms with E-state index < -0.39 is 0 Å².